The lowest BCUT2D eigenvalue weighted by Crippen LogP contribution is -2.03. The van der Waals surface area contributed by atoms with E-state index in [-0.39, 0.29) is 6.61 Å². The van der Waals surface area contributed by atoms with Crippen LogP contribution in [0, 0.1) is 0 Å². The van der Waals surface area contributed by atoms with Crippen LogP contribution in [0.3, 0.4) is 0 Å². The maximum Gasteiger partial charge on any atom is 0.0742 e. The van der Waals surface area contributed by atoms with Gasteiger partial charge in [0, 0.05) is 0 Å². The summed E-state index contributed by atoms with van der Waals surface area (Å²) < 4.78 is 0. The normalized spacial score (nSPS) is 11.8. The highest BCUT2D eigenvalue weighted by molar-refractivity contribution is 7.99. The lowest BCUT2D eigenvalue weighted by atomic mass is 10.5. The second-order valence-electron chi connectivity index (χ2n) is 2.64. The van der Waals surface area contributed by atoms with Gasteiger partial charge in [-0.15, -0.1) is 0 Å². The maximum absolute atomic E-state index is 8.11. The van der Waals surface area contributed by atoms with Crippen LogP contribution >= 0.6 is 11.8 Å². The number of hydrogen-bond donors (Lipinski definition) is 2. The van der Waals surface area contributed by atoms with Crippen LogP contribution < -0.4 is 0 Å². The van der Waals surface area contributed by atoms with Crippen molar-refractivity contribution in [2.75, 3.05) is 18.1 Å². The molecule has 2 N–H and O–H groups in total. The summed E-state index contributed by atoms with van der Waals surface area (Å²) in [5.74, 6) is 2.68. The van der Waals surface area contributed by atoms with Crippen LogP contribution in [0.4, 0.5) is 0 Å². The first-order valence-electron chi connectivity index (χ1n) is 4.55. The summed E-state index contributed by atoms with van der Waals surface area (Å²) >= 11 is 2.05. The van der Waals surface area contributed by atoms with E-state index in [2.05, 4.69) is 25.6 Å². The first kappa shape index (κ1) is 14.8. The van der Waals surface area contributed by atoms with Gasteiger partial charge in [-0.2, -0.15) is 11.8 Å². The van der Waals surface area contributed by atoms with E-state index in [1.54, 1.807) is 0 Å². The first-order valence-corrected chi connectivity index (χ1v) is 5.71. The minimum atomic E-state index is -0.560. The Kier molecular flexibility index (Phi) is 17.0. The summed E-state index contributed by atoms with van der Waals surface area (Å²) in [6.07, 6.45) is 2.09. The zero-order valence-corrected chi connectivity index (χ0v) is 9.23. The van der Waals surface area contributed by atoms with Crippen molar-refractivity contribution in [1.82, 2.24) is 0 Å². The second-order valence-corrected chi connectivity index (χ2v) is 3.87. The standard InChI is InChI=1S/C6H14S.C3H8O2/c1-3-5-7-6-4-2;1-3(5)2-4/h3-6H2,1-2H3;3-5H,2H2,1H3. The molecule has 0 aliphatic heterocycles. The molecule has 1 atom stereocenters. The van der Waals surface area contributed by atoms with Crippen molar-refractivity contribution in [3.63, 3.8) is 0 Å². The Morgan fingerprint density at radius 2 is 1.50 bits per heavy atom. The van der Waals surface area contributed by atoms with Crippen LogP contribution in [-0.2, 0) is 0 Å². The molecule has 0 heterocycles. The van der Waals surface area contributed by atoms with Crippen LogP contribution in [0.5, 0.6) is 0 Å². The molecule has 12 heavy (non-hydrogen) atoms. The zero-order chi connectivity index (χ0) is 9.82. The van der Waals surface area contributed by atoms with Crippen LogP contribution in [0.1, 0.15) is 33.6 Å². The van der Waals surface area contributed by atoms with Gasteiger partial charge in [0.2, 0.25) is 0 Å². The number of thioether (sulfide) groups is 1. The summed E-state index contributed by atoms with van der Waals surface area (Å²) in [6, 6.07) is 0. The maximum atomic E-state index is 8.11. The summed E-state index contributed by atoms with van der Waals surface area (Å²) in [6.45, 7) is 5.84. The van der Waals surface area contributed by atoms with Crippen LogP contribution in [0.25, 0.3) is 0 Å². The molecule has 0 aromatic heterocycles. The smallest absolute Gasteiger partial charge is 0.0742 e. The van der Waals surface area contributed by atoms with Gasteiger partial charge in [0.25, 0.3) is 0 Å². The van der Waals surface area contributed by atoms with E-state index in [0.29, 0.717) is 0 Å². The van der Waals surface area contributed by atoms with Gasteiger partial charge in [-0.1, -0.05) is 13.8 Å². The molecule has 0 aliphatic carbocycles. The van der Waals surface area contributed by atoms with Crippen molar-refractivity contribution in [2.24, 2.45) is 0 Å². The molecule has 0 radical (unpaired) electrons. The SMILES string of the molecule is CC(O)CO.CCCSCCC. The zero-order valence-electron chi connectivity index (χ0n) is 8.42. The third-order valence-corrected chi connectivity index (χ3v) is 2.35. The summed E-state index contributed by atoms with van der Waals surface area (Å²) in [4.78, 5) is 0. The highest BCUT2D eigenvalue weighted by Gasteiger charge is 1.83. The molecule has 2 nitrogen and oxygen atoms in total. The first-order chi connectivity index (χ1) is 5.68. The number of rotatable bonds is 5. The average Bonchev–Trinajstić information content (AvgIpc) is 2.07. The predicted octanol–water partition coefficient (Wildman–Crippen LogP) is 1.90. The third kappa shape index (κ3) is 22.4. The Bertz CT molecular complexity index is 63.5. The topological polar surface area (TPSA) is 40.5 Å². The highest BCUT2D eigenvalue weighted by atomic mass is 32.2. The minimum Gasteiger partial charge on any atom is -0.394 e. The largest absolute Gasteiger partial charge is 0.394 e. The summed E-state index contributed by atoms with van der Waals surface area (Å²) in [5, 5.41) is 16.0. The van der Waals surface area contributed by atoms with Gasteiger partial charge in [0.15, 0.2) is 0 Å². The number of hydrogen-bond acceptors (Lipinski definition) is 3. The molecular formula is C9H22O2S. The molecular weight excluding hydrogens is 172 g/mol. The van der Waals surface area contributed by atoms with Gasteiger partial charge in [-0.05, 0) is 31.3 Å². The van der Waals surface area contributed by atoms with E-state index in [1.165, 1.54) is 31.3 Å². The molecule has 1 unspecified atom stereocenters. The van der Waals surface area contributed by atoms with Gasteiger partial charge in [0.05, 0.1) is 12.7 Å². The fourth-order valence-corrected chi connectivity index (χ4v) is 1.17. The lowest BCUT2D eigenvalue weighted by molar-refractivity contribution is 0.110. The van der Waals surface area contributed by atoms with E-state index in [4.69, 9.17) is 10.2 Å². The Morgan fingerprint density at radius 1 is 1.17 bits per heavy atom. The van der Waals surface area contributed by atoms with Gasteiger partial charge in [-0.3, -0.25) is 0 Å². The predicted molar refractivity (Wildman–Crippen MR) is 56.7 cm³/mol. The quantitative estimate of drug-likeness (QED) is 0.657. The van der Waals surface area contributed by atoms with E-state index in [0.717, 1.165) is 0 Å². The van der Waals surface area contributed by atoms with Gasteiger partial charge in [-0.25, -0.2) is 0 Å². The van der Waals surface area contributed by atoms with Crippen LogP contribution in [0.15, 0.2) is 0 Å². The molecule has 0 fully saturated rings. The Hall–Kier alpha value is 0.270. The molecule has 0 amide bonds. The van der Waals surface area contributed by atoms with E-state index in [1.807, 2.05) is 0 Å². The second kappa shape index (κ2) is 13.8. The average molecular weight is 194 g/mol. The molecule has 0 aromatic carbocycles. The summed E-state index contributed by atoms with van der Waals surface area (Å²) in [7, 11) is 0. The third-order valence-electron chi connectivity index (χ3n) is 0.961. The molecule has 0 aromatic rings. The lowest BCUT2D eigenvalue weighted by Gasteiger charge is -1.91. The molecule has 76 valence electrons. The fourth-order valence-electron chi connectivity index (χ4n) is 0.391. The van der Waals surface area contributed by atoms with Crippen molar-refractivity contribution < 1.29 is 10.2 Å². The van der Waals surface area contributed by atoms with Crippen LogP contribution in [0.2, 0.25) is 0 Å². The highest BCUT2D eigenvalue weighted by Crippen LogP contribution is 2.02. The van der Waals surface area contributed by atoms with Gasteiger partial charge in [0.1, 0.15) is 0 Å². The summed E-state index contributed by atoms with van der Waals surface area (Å²) in [5.41, 5.74) is 0. The Balaban J connectivity index is 0. The van der Waals surface area contributed by atoms with Crippen LogP contribution in [-0.4, -0.2) is 34.4 Å². The monoisotopic (exact) mass is 194 g/mol. The molecule has 0 rings (SSSR count). The van der Waals surface area contributed by atoms with Crippen molar-refractivity contribution in [1.29, 1.82) is 0 Å². The van der Waals surface area contributed by atoms with Crippen molar-refractivity contribution in [3.05, 3.63) is 0 Å². The molecule has 0 bridgehead atoms. The Morgan fingerprint density at radius 3 is 1.67 bits per heavy atom. The molecule has 0 saturated heterocycles. The molecule has 0 saturated carbocycles. The van der Waals surface area contributed by atoms with Gasteiger partial charge < -0.3 is 10.2 Å². The van der Waals surface area contributed by atoms with E-state index in [9.17, 15) is 0 Å². The molecule has 0 aliphatic rings. The number of aliphatic hydroxyl groups is 2. The molecule has 3 heteroatoms. The minimum absolute atomic E-state index is 0.139. The van der Waals surface area contributed by atoms with E-state index >= 15 is 0 Å². The van der Waals surface area contributed by atoms with Crippen molar-refractivity contribution in [3.8, 4) is 0 Å². The molecule has 0 spiro atoms. The number of aliphatic hydroxyl groups excluding tert-OH is 2. The van der Waals surface area contributed by atoms with Crippen molar-refractivity contribution in [2.45, 2.75) is 39.7 Å². The Labute approximate surface area is 80.4 Å². The van der Waals surface area contributed by atoms with Gasteiger partial charge >= 0.3 is 0 Å². The fraction of sp³-hybridized carbons (Fsp3) is 1.00. The van der Waals surface area contributed by atoms with Crippen molar-refractivity contribution >= 4 is 11.8 Å². The van der Waals surface area contributed by atoms with E-state index < -0.39 is 6.10 Å².